The maximum Gasteiger partial charge on any atom is 0.133 e. The minimum atomic E-state index is 0. The van der Waals surface area contributed by atoms with E-state index >= 15 is 0 Å². The van der Waals surface area contributed by atoms with Gasteiger partial charge in [-0.25, -0.2) is 4.99 Å². The van der Waals surface area contributed by atoms with Crippen LogP contribution in [0.4, 0.5) is 5.69 Å². The van der Waals surface area contributed by atoms with Gasteiger partial charge in [0.1, 0.15) is 6.34 Å². The molecule has 0 bridgehead atoms. The number of nitrogens with one attached hydrogen (secondary N) is 3. The third-order valence-corrected chi connectivity index (χ3v) is 3.09. The highest BCUT2D eigenvalue weighted by molar-refractivity contribution is 5.85. The number of anilines is 1. The lowest BCUT2D eigenvalue weighted by Crippen LogP contribution is -2.39. The largest absolute Gasteiger partial charge is 0.317 e. The molecule has 0 aliphatic carbocycles. The quantitative estimate of drug-likeness (QED) is 0.783. The number of halogens is 2. The summed E-state index contributed by atoms with van der Waals surface area (Å²) in [6.07, 6.45) is 11.2. The van der Waals surface area contributed by atoms with Crippen LogP contribution in [0.25, 0.3) is 0 Å². The van der Waals surface area contributed by atoms with Gasteiger partial charge in [0.2, 0.25) is 0 Å². The van der Waals surface area contributed by atoms with E-state index in [1.54, 1.807) is 23.9 Å². The summed E-state index contributed by atoms with van der Waals surface area (Å²) in [4.78, 5) is 4.01. The molecule has 1 aromatic rings. The molecular formula is C11H19Cl2N7. The van der Waals surface area contributed by atoms with Crippen LogP contribution in [0.3, 0.4) is 0 Å². The molecule has 3 heterocycles. The van der Waals surface area contributed by atoms with Crippen LogP contribution in [-0.4, -0.2) is 34.3 Å². The molecule has 3 rings (SSSR count). The van der Waals surface area contributed by atoms with Gasteiger partial charge in [0.25, 0.3) is 0 Å². The molecule has 0 atom stereocenters. The zero-order valence-corrected chi connectivity index (χ0v) is 12.5. The van der Waals surface area contributed by atoms with Crippen molar-refractivity contribution in [3.8, 4) is 0 Å². The van der Waals surface area contributed by atoms with Crippen LogP contribution in [0, 0.1) is 0 Å². The SMILES string of the molecule is C1=CNN(Nc2cnn(C3CCNCC3)c2)C=N1.Cl.Cl. The molecule has 2 aliphatic heterocycles. The van der Waals surface area contributed by atoms with Crippen LogP contribution in [-0.2, 0) is 0 Å². The number of hydrazine groups is 2. The summed E-state index contributed by atoms with van der Waals surface area (Å²) >= 11 is 0. The third kappa shape index (κ3) is 4.03. The molecule has 20 heavy (non-hydrogen) atoms. The monoisotopic (exact) mass is 319 g/mol. The zero-order valence-electron chi connectivity index (χ0n) is 10.9. The van der Waals surface area contributed by atoms with Crippen molar-refractivity contribution >= 4 is 36.8 Å². The molecule has 7 nitrogen and oxygen atoms in total. The molecule has 0 spiro atoms. The number of aromatic nitrogens is 2. The molecular weight excluding hydrogens is 301 g/mol. The smallest absolute Gasteiger partial charge is 0.133 e. The van der Waals surface area contributed by atoms with Gasteiger partial charge in [-0.2, -0.15) is 10.2 Å². The molecule has 2 aliphatic rings. The van der Waals surface area contributed by atoms with Crippen molar-refractivity contribution in [2.45, 2.75) is 18.9 Å². The third-order valence-electron chi connectivity index (χ3n) is 3.09. The Bertz CT molecular complexity index is 453. The fraction of sp³-hybridized carbons (Fsp3) is 0.455. The summed E-state index contributed by atoms with van der Waals surface area (Å²) in [6, 6.07) is 0.504. The lowest BCUT2D eigenvalue weighted by Gasteiger charge is -2.23. The standard InChI is InChI=1S/C11H17N7.2ClH/c1-3-12-4-2-11(1)17-8-10(7-15-17)16-18-9-13-5-6-14-18;;/h5-9,11-12,14,16H,1-4H2;2*1H. The summed E-state index contributed by atoms with van der Waals surface area (Å²) < 4.78 is 2.04. The first-order valence-electron chi connectivity index (χ1n) is 6.17. The molecule has 0 amide bonds. The highest BCUT2D eigenvalue weighted by Crippen LogP contribution is 2.19. The summed E-state index contributed by atoms with van der Waals surface area (Å²) in [5.74, 6) is 0. The Balaban J connectivity index is 0.000001000. The second-order valence-electron chi connectivity index (χ2n) is 4.38. The van der Waals surface area contributed by atoms with Crippen molar-refractivity contribution in [3.63, 3.8) is 0 Å². The molecule has 0 saturated carbocycles. The van der Waals surface area contributed by atoms with E-state index < -0.39 is 0 Å². The van der Waals surface area contributed by atoms with E-state index in [0.29, 0.717) is 6.04 Å². The number of hydrogen-bond acceptors (Lipinski definition) is 6. The van der Waals surface area contributed by atoms with Crippen molar-refractivity contribution in [1.82, 2.24) is 25.6 Å². The predicted molar refractivity (Wildman–Crippen MR) is 84.1 cm³/mol. The Hall–Kier alpha value is -1.44. The topological polar surface area (TPSA) is 69.5 Å². The van der Waals surface area contributed by atoms with Crippen molar-refractivity contribution in [2.24, 2.45) is 4.99 Å². The first kappa shape index (κ1) is 16.6. The Morgan fingerprint density at radius 2 is 2.05 bits per heavy atom. The number of rotatable bonds is 3. The number of nitrogens with zero attached hydrogens (tertiary/aromatic N) is 4. The minimum absolute atomic E-state index is 0. The van der Waals surface area contributed by atoms with Crippen LogP contribution in [0.5, 0.6) is 0 Å². The van der Waals surface area contributed by atoms with Crippen molar-refractivity contribution in [3.05, 3.63) is 24.8 Å². The molecule has 1 saturated heterocycles. The average Bonchev–Trinajstić information content (AvgIpc) is 2.89. The van der Waals surface area contributed by atoms with Gasteiger partial charge < -0.3 is 5.32 Å². The Labute approximate surface area is 130 Å². The molecule has 3 N–H and O–H groups in total. The Morgan fingerprint density at radius 3 is 2.75 bits per heavy atom. The van der Waals surface area contributed by atoms with E-state index in [4.69, 9.17) is 0 Å². The van der Waals surface area contributed by atoms with Crippen LogP contribution < -0.4 is 16.2 Å². The van der Waals surface area contributed by atoms with Gasteiger partial charge in [-0.05, 0) is 25.9 Å². The van der Waals surface area contributed by atoms with Crippen LogP contribution in [0.1, 0.15) is 18.9 Å². The number of hydrogen-bond donors (Lipinski definition) is 3. The van der Waals surface area contributed by atoms with E-state index in [1.165, 1.54) is 0 Å². The molecule has 0 radical (unpaired) electrons. The van der Waals surface area contributed by atoms with Crippen molar-refractivity contribution in [2.75, 3.05) is 18.5 Å². The van der Waals surface area contributed by atoms with Crippen molar-refractivity contribution in [1.29, 1.82) is 0 Å². The maximum absolute atomic E-state index is 4.41. The number of aliphatic imine (C=N–C) groups is 1. The van der Waals surface area contributed by atoms with Gasteiger partial charge in [0.05, 0.1) is 24.1 Å². The maximum atomic E-state index is 4.41. The fourth-order valence-corrected chi connectivity index (χ4v) is 2.16. The summed E-state index contributed by atoms with van der Waals surface area (Å²) in [7, 11) is 0. The van der Waals surface area contributed by atoms with Gasteiger partial charge in [-0.15, -0.1) is 24.8 Å². The minimum Gasteiger partial charge on any atom is -0.317 e. The summed E-state index contributed by atoms with van der Waals surface area (Å²) in [6.45, 7) is 2.14. The van der Waals surface area contributed by atoms with E-state index in [0.717, 1.165) is 31.6 Å². The van der Waals surface area contributed by atoms with E-state index in [9.17, 15) is 0 Å². The molecule has 112 valence electrons. The van der Waals surface area contributed by atoms with E-state index in [-0.39, 0.29) is 24.8 Å². The second-order valence-corrected chi connectivity index (χ2v) is 4.38. The lowest BCUT2D eigenvalue weighted by atomic mass is 10.1. The zero-order chi connectivity index (χ0) is 12.2. The summed E-state index contributed by atoms with van der Waals surface area (Å²) in [5, 5.41) is 9.46. The number of piperidine rings is 1. The van der Waals surface area contributed by atoms with Gasteiger partial charge in [0.15, 0.2) is 0 Å². The van der Waals surface area contributed by atoms with Crippen LogP contribution >= 0.6 is 24.8 Å². The van der Waals surface area contributed by atoms with Crippen molar-refractivity contribution < 1.29 is 0 Å². The normalized spacial score (nSPS) is 17.9. The highest BCUT2D eigenvalue weighted by Gasteiger charge is 2.15. The molecule has 1 aromatic heterocycles. The van der Waals surface area contributed by atoms with Crippen LogP contribution in [0.15, 0.2) is 29.8 Å². The summed E-state index contributed by atoms with van der Waals surface area (Å²) in [5.41, 5.74) is 7.11. The molecule has 9 heteroatoms. The second kappa shape index (κ2) is 7.98. The first-order chi connectivity index (χ1) is 8.92. The van der Waals surface area contributed by atoms with E-state index in [2.05, 4.69) is 26.3 Å². The first-order valence-corrected chi connectivity index (χ1v) is 6.17. The molecule has 0 aromatic carbocycles. The van der Waals surface area contributed by atoms with Gasteiger partial charge in [0, 0.05) is 12.4 Å². The lowest BCUT2D eigenvalue weighted by molar-refractivity contribution is 0.343. The predicted octanol–water partition coefficient (Wildman–Crippen LogP) is 1.30. The van der Waals surface area contributed by atoms with Gasteiger partial charge in [-0.3, -0.25) is 15.5 Å². The Morgan fingerprint density at radius 1 is 1.25 bits per heavy atom. The molecule has 1 fully saturated rings. The highest BCUT2D eigenvalue weighted by atomic mass is 35.5. The fourth-order valence-electron chi connectivity index (χ4n) is 2.16. The van der Waals surface area contributed by atoms with Gasteiger partial charge >= 0.3 is 0 Å². The average molecular weight is 320 g/mol. The van der Waals surface area contributed by atoms with E-state index in [1.807, 2.05) is 17.1 Å². The Kier molecular flexibility index (Phi) is 6.63. The van der Waals surface area contributed by atoms with Crippen LogP contribution in [0.2, 0.25) is 0 Å². The van der Waals surface area contributed by atoms with Gasteiger partial charge in [-0.1, -0.05) is 0 Å². The molecule has 0 unspecified atom stereocenters.